The van der Waals surface area contributed by atoms with E-state index in [2.05, 4.69) is 18.2 Å². The molecule has 0 atom stereocenters. The number of esters is 1. The second kappa shape index (κ2) is 8.56. The van der Waals surface area contributed by atoms with Gasteiger partial charge in [0, 0.05) is 4.88 Å². The molecule has 2 aromatic heterocycles. The van der Waals surface area contributed by atoms with Crippen LogP contribution in [0.4, 0.5) is 0 Å². The summed E-state index contributed by atoms with van der Waals surface area (Å²) in [5, 5.41) is 1.20. The van der Waals surface area contributed by atoms with E-state index in [1.807, 2.05) is 37.3 Å². The highest BCUT2D eigenvalue weighted by Gasteiger charge is 2.26. The van der Waals surface area contributed by atoms with E-state index in [1.165, 1.54) is 22.9 Å². The summed E-state index contributed by atoms with van der Waals surface area (Å²) in [6.45, 7) is 4.10. The van der Waals surface area contributed by atoms with Crippen LogP contribution >= 0.6 is 23.1 Å². The molecule has 4 aromatic rings. The van der Waals surface area contributed by atoms with Gasteiger partial charge in [0.25, 0.3) is 5.56 Å². The molecule has 2 heterocycles. The van der Waals surface area contributed by atoms with Gasteiger partial charge >= 0.3 is 5.97 Å². The first-order valence-electron chi connectivity index (χ1n) is 10.6. The van der Waals surface area contributed by atoms with E-state index in [-0.39, 0.29) is 17.3 Å². The maximum Gasteiger partial charge on any atom is 0.316 e. The number of carbonyl (C=O) groups is 1. The molecule has 32 heavy (non-hydrogen) atoms. The van der Waals surface area contributed by atoms with Crippen LogP contribution in [0.1, 0.15) is 23.6 Å². The number of aryl methyl sites for hydroxylation is 3. The van der Waals surface area contributed by atoms with Crippen LogP contribution in [0.15, 0.2) is 58.5 Å². The van der Waals surface area contributed by atoms with E-state index >= 15 is 0 Å². The first-order valence-corrected chi connectivity index (χ1v) is 12.4. The maximum absolute atomic E-state index is 13.9. The highest BCUT2D eigenvalue weighted by atomic mass is 32.2. The van der Waals surface area contributed by atoms with Crippen molar-refractivity contribution in [2.75, 3.05) is 12.4 Å². The average molecular weight is 463 g/mol. The van der Waals surface area contributed by atoms with Gasteiger partial charge in [0.15, 0.2) is 5.16 Å². The minimum absolute atomic E-state index is 0.0798. The summed E-state index contributed by atoms with van der Waals surface area (Å²) in [5.41, 5.74) is 5.32. The molecule has 0 saturated heterocycles. The van der Waals surface area contributed by atoms with Crippen LogP contribution < -0.4 is 5.56 Å². The third-order valence-corrected chi connectivity index (χ3v) is 7.66. The van der Waals surface area contributed by atoms with Crippen molar-refractivity contribution in [1.29, 1.82) is 0 Å². The lowest BCUT2D eigenvalue weighted by Crippen LogP contribution is -2.23. The number of aromatic nitrogens is 2. The van der Waals surface area contributed by atoms with Crippen LogP contribution in [0.25, 0.3) is 26.3 Å². The summed E-state index contributed by atoms with van der Waals surface area (Å²) in [7, 11) is 0. The largest absolute Gasteiger partial charge is 0.465 e. The van der Waals surface area contributed by atoms with Crippen LogP contribution in [-0.4, -0.2) is 27.9 Å². The Hall–Kier alpha value is -2.90. The van der Waals surface area contributed by atoms with E-state index in [1.54, 1.807) is 22.8 Å². The van der Waals surface area contributed by atoms with Crippen LogP contribution in [0.5, 0.6) is 0 Å². The van der Waals surface area contributed by atoms with Crippen molar-refractivity contribution >= 4 is 39.3 Å². The minimum atomic E-state index is -0.318. The molecule has 1 aliphatic rings. The Kier molecular flexibility index (Phi) is 5.61. The molecule has 2 aromatic carbocycles. The van der Waals surface area contributed by atoms with E-state index in [9.17, 15) is 9.59 Å². The topological polar surface area (TPSA) is 61.2 Å². The average Bonchev–Trinajstić information content (AvgIpc) is 3.17. The van der Waals surface area contributed by atoms with Gasteiger partial charge in [0.05, 0.1) is 23.4 Å². The molecule has 0 fully saturated rings. The molecule has 162 valence electrons. The molecule has 0 unspecified atom stereocenters. The van der Waals surface area contributed by atoms with Crippen molar-refractivity contribution in [2.24, 2.45) is 0 Å². The quantitative estimate of drug-likeness (QED) is 0.232. The fraction of sp³-hybridized carbons (Fsp3) is 0.240. The summed E-state index contributed by atoms with van der Waals surface area (Å²) >= 11 is 2.81. The van der Waals surface area contributed by atoms with Crippen molar-refractivity contribution in [3.05, 3.63) is 75.6 Å². The second-order valence-corrected chi connectivity index (χ2v) is 9.66. The first-order chi connectivity index (χ1) is 15.6. The van der Waals surface area contributed by atoms with Gasteiger partial charge in [-0.3, -0.25) is 14.2 Å². The SMILES string of the molecule is CCOC(=O)CSc1nc2sc3c(c2c(=O)n1-c1cccc(C)c1)CCc1ccccc1-3. The standard InChI is InChI=1S/C25H22N2O3S2/c1-3-30-20(28)14-31-25-26-23-21(24(29)27(25)17-9-6-7-15(2)13-17)19-12-11-16-8-4-5-10-18(16)22(19)32-23/h4-10,13H,3,11-12,14H2,1-2H3. The molecular formula is C25H22N2O3S2. The van der Waals surface area contributed by atoms with Crippen LogP contribution in [0.3, 0.4) is 0 Å². The fourth-order valence-corrected chi connectivity index (χ4v) is 6.32. The molecule has 0 amide bonds. The monoisotopic (exact) mass is 462 g/mol. The lowest BCUT2D eigenvalue weighted by Gasteiger charge is -2.16. The Morgan fingerprint density at radius 1 is 1.19 bits per heavy atom. The number of carbonyl (C=O) groups excluding carboxylic acids is 1. The van der Waals surface area contributed by atoms with Crippen LogP contribution in [-0.2, 0) is 22.4 Å². The molecule has 7 heteroatoms. The van der Waals surface area contributed by atoms with Gasteiger partial charge in [0.2, 0.25) is 0 Å². The van der Waals surface area contributed by atoms with Gasteiger partial charge in [-0.2, -0.15) is 0 Å². The molecule has 5 rings (SSSR count). The lowest BCUT2D eigenvalue weighted by molar-refractivity contribution is -0.139. The smallest absolute Gasteiger partial charge is 0.316 e. The Morgan fingerprint density at radius 3 is 2.84 bits per heavy atom. The van der Waals surface area contributed by atoms with Crippen molar-refractivity contribution in [3.8, 4) is 16.1 Å². The zero-order chi connectivity index (χ0) is 22.2. The van der Waals surface area contributed by atoms with E-state index in [0.717, 1.165) is 39.4 Å². The highest BCUT2D eigenvalue weighted by Crippen LogP contribution is 2.42. The Balaban J connectivity index is 1.72. The summed E-state index contributed by atoms with van der Waals surface area (Å²) in [5.74, 6) is -0.215. The highest BCUT2D eigenvalue weighted by molar-refractivity contribution is 7.99. The Bertz CT molecular complexity index is 1400. The summed E-state index contributed by atoms with van der Waals surface area (Å²) in [4.78, 5) is 32.6. The lowest BCUT2D eigenvalue weighted by atomic mass is 9.90. The van der Waals surface area contributed by atoms with Crippen molar-refractivity contribution in [3.63, 3.8) is 0 Å². The molecule has 0 bridgehead atoms. The number of hydrogen-bond donors (Lipinski definition) is 0. The zero-order valence-corrected chi connectivity index (χ0v) is 19.5. The zero-order valence-electron chi connectivity index (χ0n) is 17.9. The number of ether oxygens (including phenoxy) is 1. The van der Waals surface area contributed by atoms with Gasteiger partial charge < -0.3 is 4.74 Å². The molecule has 0 saturated carbocycles. The third-order valence-electron chi connectivity index (χ3n) is 5.58. The number of hydrogen-bond acceptors (Lipinski definition) is 6. The van der Waals surface area contributed by atoms with Gasteiger partial charge in [-0.1, -0.05) is 48.2 Å². The molecule has 1 aliphatic carbocycles. The minimum Gasteiger partial charge on any atom is -0.465 e. The predicted molar refractivity (Wildman–Crippen MR) is 130 cm³/mol. The van der Waals surface area contributed by atoms with Gasteiger partial charge in [-0.05, 0) is 61.1 Å². The molecule has 5 nitrogen and oxygen atoms in total. The number of rotatable bonds is 5. The van der Waals surface area contributed by atoms with Gasteiger partial charge in [0.1, 0.15) is 4.83 Å². The molecule has 0 spiro atoms. The predicted octanol–water partition coefficient (Wildman–Crippen LogP) is 5.18. The molecule has 0 radical (unpaired) electrons. The molecule has 0 aliphatic heterocycles. The van der Waals surface area contributed by atoms with E-state index in [0.29, 0.717) is 17.1 Å². The normalized spacial score (nSPS) is 12.4. The molecule has 0 N–H and O–H groups in total. The Labute approximate surface area is 194 Å². The summed E-state index contributed by atoms with van der Waals surface area (Å²) in [6.07, 6.45) is 1.74. The molecular weight excluding hydrogens is 440 g/mol. The second-order valence-electron chi connectivity index (χ2n) is 7.71. The third kappa shape index (κ3) is 3.65. The summed E-state index contributed by atoms with van der Waals surface area (Å²) in [6, 6.07) is 16.2. The number of fused-ring (bicyclic) bond motifs is 5. The van der Waals surface area contributed by atoms with Crippen molar-refractivity contribution < 1.29 is 9.53 Å². The van der Waals surface area contributed by atoms with E-state index in [4.69, 9.17) is 9.72 Å². The maximum atomic E-state index is 13.9. The van der Waals surface area contributed by atoms with Gasteiger partial charge in [-0.25, -0.2) is 4.98 Å². The Morgan fingerprint density at radius 2 is 2.03 bits per heavy atom. The van der Waals surface area contributed by atoms with Crippen LogP contribution in [0.2, 0.25) is 0 Å². The van der Waals surface area contributed by atoms with E-state index < -0.39 is 0 Å². The number of benzene rings is 2. The number of nitrogens with zero attached hydrogens (tertiary/aromatic N) is 2. The van der Waals surface area contributed by atoms with Gasteiger partial charge in [-0.15, -0.1) is 11.3 Å². The van der Waals surface area contributed by atoms with Crippen LogP contribution in [0, 0.1) is 6.92 Å². The summed E-state index contributed by atoms with van der Waals surface area (Å²) < 4.78 is 6.72. The first kappa shape index (κ1) is 21.0. The van der Waals surface area contributed by atoms with Crippen molar-refractivity contribution in [1.82, 2.24) is 9.55 Å². The fourth-order valence-electron chi connectivity index (χ4n) is 4.18. The van der Waals surface area contributed by atoms with Crippen molar-refractivity contribution in [2.45, 2.75) is 31.8 Å². The number of thioether (sulfide) groups is 1. The number of thiophene rings is 1.